The molecule has 16 heavy (non-hydrogen) atoms. The molecule has 4 heteroatoms. The third-order valence-corrected chi connectivity index (χ3v) is 3.28. The summed E-state index contributed by atoms with van der Waals surface area (Å²) in [6.07, 6.45) is 2.70. The number of benzene rings is 1. The number of rotatable bonds is 3. The van der Waals surface area contributed by atoms with Gasteiger partial charge in [0.05, 0.1) is 24.3 Å². The van der Waals surface area contributed by atoms with Crippen LogP contribution in [-0.2, 0) is 0 Å². The third kappa shape index (κ3) is 2.42. The van der Waals surface area contributed by atoms with E-state index in [2.05, 4.69) is 5.32 Å². The monoisotopic (exact) mass is 241 g/mol. The van der Waals surface area contributed by atoms with Crippen LogP contribution in [0, 0.1) is 0 Å². The van der Waals surface area contributed by atoms with Gasteiger partial charge in [-0.15, -0.1) is 0 Å². The fraction of sp³-hybridized carbons (Fsp3) is 0.500. The molecule has 0 bridgehead atoms. The van der Waals surface area contributed by atoms with Crippen molar-refractivity contribution in [1.82, 2.24) is 0 Å². The van der Waals surface area contributed by atoms with Crippen LogP contribution in [0.3, 0.4) is 0 Å². The summed E-state index contributed by atoms with van der Waals surface area (Å²) in [6, 6.07) is 5.71. The maximum atomic E-state index is 9.70. The van der Waals surface area contributed by atoms with Gasteiger partial charge in [0.15, 0.2) is 0 Å². The van der Waals surface area contributed by atoms with E-state index in [1.807, 2.05) is 18.2 Å². The number of hydrogen-bond acceptors (Lipinski definition) is 3. The van der Waals surface area contributed by atoms with Crippen LogP contribution in [0.4, 0.5) is 5.69 Å². The molecule has 0 radical (unpaired) electrons. The van der Waals surface area contributed by atoms with Crippen LogP contribution in [0.1, 0.15) is 19.3 Å². The highest BCUT2D eigenvalue weighted by Gasteiger charge is 2.24. The van der Waals surface area contributed by atoms with E-state index in [0.717, 1.165) is 24.9 Å². The van der Waals surface area contributed by atoms with E-state index >= 15 is 0 Å². The standard InChI is InChI=1S/C12H16ClNO2/c1-16-12-6-5-8(7-9(12)13)14-10-3-2-4-11(10)15/h5-7,10-11,14-15H,2-4H2,1H3. The van der Waals surface area contributed by atoms with Gasteiger partial charge in [0.1, 0.15) is 5.75 Å². The predicted molar refractivity (Wildman–Crippen MR) is 65.3 cm³/mol. The number of hydrogen-bond donors (Lipinski definition) is 2. The summed E-state index contributed by atoms with van der Waals surface area (Å²) in [6.45, 7) is 0. The highest BCUT2D eigenvalue weighted by Crippen LogP contribution is 2.29. The summed E-state index contributed by atoms with van der Waals surface area (Å²) in [7, 11) is 1.59. The lowest BCUT2D eigenvalue weighted by Gasteiger charge is -2.18. The Kier molecular flexibility index (Phi) is 3.56. The van der Waals surface area contributed by atoms with E-state index in [9.17, 15) is 5.11 Å². The summed E-state index contributed by atoms with van der Waals surface area (Å²) in [5.74, 6) is 0.666. The Morgan fingerprint density at radius 3 is 2.81 bits per heavy atom. The Bertz CT molecular complexity index is 370. The zero-order valence-electron chi connectivity index (χ0n) is 9.24. The lowest BCUT2D eigenvalue weighted by atomic mass is 10.2. The van der Waals surface area contributed by atoms with Crippen molar-refractivity contribution < 1.29 is 9.84 Å². The molecule has 0 amide bonds. The van der Waals surface area contributed by atoms with Crippen LogP contribution in [-0.4, -0.2) is 24.4 Å². The minimum Gasteiger partial charge on any atom is -0.495 e. The predicted octanol–water partition coefficient (Wildman–Crippen LogP) is 2.67. The number of anilines is 1. The van der Waals surface area contributed by atoms with Crippen LogP contribution in [0.25, 0.3) is 0 Å². The minimum atomic E-state index is -0.249. The van der Waals surface area contributed by atoms with Crippen LogP contribution in [0.2, 0.25) is 5.02 Å². The smallest absolute Gasteiger partial charge is 0.137 e. The van der Waals surface area contributed by atoms with Crippen LogP contribution in [0.5, 0.6) is 5.75 Å². The molecule has 2 unspecified atom stereocenters. The number of aliphatic hydroxyl groups excluding tert-OH is 1. The number of methoxy groups -OCH3 is 1. The van der Waals surface area contributed by atoms with E-state index in [0.29, 0.717) is 10.8 Å². The maximum absolute atomic E-state index is 9.70. The van der Waals surface area contributed by atoms with Crippen molar-refractivity contribution in [2.24, 2.45) is 0 Å². The van der Waals surface area contributed by atoms with Crippen LogP contribution >= 0.6 is 11.6 Å². The molecule has 2 rings (SSSR count). The van der Waals surface area contributed by atoms with Gasteiger partial charge in [0.2, 0.25) is 0 Å². The summed E-state index contributed by atoms with van der Waals surface area (Å²) in [5.41, 5.74) is 0.928. The highest BCUT2D eigenvalue weighted by atomic mass is 35.5. The molecule has 1 fully saturated rings. The van der Waals surface area contributed by atoms with Crippen molar-refractivity contribution in [2.45, 2.75) is 31.4 Å². The lowest BCUT2D eigenvalue weighted by molar-refractivity contribution is 0.172. The van der Waals surface area contributed by atoms with E-state index in [-0.39, 0.29) is 12.1 Å². The van der Waals surface area contributed by atoms with Crippen molar-refractivity contribution in [1.29, 1.82) is 0 Å². The Morgan fingerprint density at radius 2 is 2.25 bits per heavy atom. The Hall–Kier alpha value is -0.930. The zero-order valence-corrected chi connectivity index (χ0v) is 10.00. The average Bonchev–Trinajstić information content (AvgIpc) is 2.65. The second-order valence-corrected chi connectivity index (χ2v) is 4.51. The maximum Gasteiger partial charge on any atom is 0.137 e. The second kappa shape index (κ2) is 4.93. The van der Waals surface area contributed by atoms with Gasteiger partial charge in [0, 0.05) is 5.69 Å². The lowest BCUT2D eigenvalue weighted by Crippen LogP contribution is -2.27. The first-order valence-electron chi connectivity index (χ1n) is 5.49. The number of nitrogens with one attached hydrogen (secondary N) is 1. The Morgan fingerprint density at radius 1 is 1.44 bits per heavy atom. The van der Waals surface area contributed by atoms with E-state index in [1.54, 1.807) is 7.11 Å². The average molecular weight is 242 g/mol. The summed E-state index contributed by atoms with van der Waals surface area (Å²) < 4.78 is 5.08. The van der Waals surface area contributed by atoms with Gasteiger partial charge in [0.25, 0.3) is 0 Å². The molecule has 0 heterocycles. The molecule has 2 N–H and O–H groups in total. The highest BCUT2D eigenvalue weighted by molar-refractivity contribution is 6.32. The number of ether oxygens (including phenoxy) is 1. The number of aliphatic hydroxyl groups is 1. The van der Waals surface area contributed by atoms with Crippen molar-refractivity contribution >= 4 is 17.3 Å². The molecule has 1 aliphatic rings. The third-order valence-electron chi connectivity index (χ3n) is 2.98. The molecule has 0 aromatic heterocycles. The molecule has 1 aliphatic carbocycles. The Balaban J connectivity index is 2.07. The van der Waals surface area contributed by atoms with Crippen LogP contribution in [0.15, 0.2) is 18.2 Å². The molecule has 0 aliphatic heterocycles. The van der Waals surface area contributed by atoms with Gasteiger partial charge in [-0.25, -0.2) is 0 Å². The fourth-order valence-electron chi connectivity index (χ4n) is 2.08. The SMILES string of the molecule is COc1ccc(NC2CCCC2O)cc1Cl. The largest absolute Gasteiger partial charge is 0.495 e. The number of halogens is 1. The summed E-state index contributed by atoms with van der Waals surface area (Å²) in [4.78, 5) is 0. The van der Waals surface area contributed by atoms with Gasteiger partial charge in [-0.1, -0.05) is 11.6 Å². The van der Waals surface area contributed by atoms with Gasteiger partial charge in [-0.2, -0.15) is 0 Å². The molecule has 0 spiro atoms. The quantitative estimate of drug-likeness (QED) is 0.855. The molecular weight excluding hydrogens is 226 g/mol. The summed E-state index contributed by atoms with van der Waals surface area (Å²) in [5, 5.41) is 13.6. The first-order valence-corrected chi connectivity index (χ1v) is 5.86. The molecule has 88 valence electrons. The van der Waals surface area contributed by atoms with Gasteiger partial charge in [-0.05, 0) is 37.5 Å². The first-order chi connectivity index (χ1) is 7.70. The normalized spacial score (nSPS) is 24.4. The molecule has 1 saturated carbocycles. The van der Waals surface area contributed by atoms with Gasteiger partial charge < -0.3 is 15.2 Å². The fourth-order valence-corrected chi connectivity index (χ4v) is 2.34. The summed E-state index contributed by atoms with van der Waals surface area (Å²) >= 11 is 6.02. The molecule has 1 aromatic rings. The van der Waals surface area contributed by atoms with Gasteiger partial charge >= 0.3 is 0 Å². The topological polar surface area (TPSA) is 41.5 Å². The van der Waals surface area contributed by atoms with Gasteiger partial charge in [-0.3, -0.25) is 0 Å². The Labute approximate surface area is 100 Å². The molecule has 1 aromatic carbocycles. The molecular formula is C12H16ClNO2. The van der Waals surface area contributed by atoms with E-state index in [1.165, 1.54) is 0 Å². The van der Waals surface area contributed by atoms with Crippen molar-refractivity contribution in [3.8, 4) is 5.75 Å². The van der Waals surface area contributed by atoms with Crippen molar-refractivity contribution in [3.63, 3.8) is 0 Å². The van der Waals surface area contributed by atoms with E-state index < -0.39 is 0 Å². The molecule has 3 nitrogen and oxygen atoms in total. The van der Waals surface area contributed by atoms with Crippen molar-refractivity contribution in [2.75, 3.05) is 12.4 Å². The molecule has 0 saturated heterocycles. The second-order valence-electron chi connectivity index (χ2n) is 4.10. The zero-order chi connectivity index (χ0) is 11.5. The van der Waals surface area contributed by atoms with Crippen LogP contribution < -0.4 is 10.1 Å². The molecule has 2 atom stereocenters. The first kappa shape index (κ1) is 11.6. The minimum absolute atomic E-state index is 0.143. The van der Waals surface area contributed by atoms with E-state index in [4.69, 9.17) is 16.3 Å². The van der Waals surface area contributed by atoms with Crippen molar-refractivity contribution in [3.05, 3.63) is 23.2 Å².